The van der Waals surface area contributed by atoms with Crippen molar-refractivity contribution in [2.24, 2.45) is 18.2 Å². The number of hydrogen-bond donors (Lipinski definition) is 1. The number of aryl methyl sites for hydroxylation is 1. The van der Waals surface area contributed by atoms with Crippen LogP contribution in [0.2, 0.25) is 0 Å². The number of halogens is 1. The minimum Gasteiger partial charge on any atom is -0.353 e. The van der Waals surface area contributed by atoms with E-state index >= 15 is 0 Å². The van der Waals surface area contributed by atoms with Crippen LogP contribution in [0.5, 0.6) is 0 Å². The molecule has 0 radical (unpaired) electrons. The van der Waals surface area contributed by atoms with Crippen LogP contribution in [0.4, 0.5) is 0 Å². The number of aromatic nitrogens is 1. The van der Waals surface area contributed by atoms with Crippen molar-refractivity contribution >= 4 is 12.4 Å². The zero-order valence-corrected chi connectivity index (χ0v) is 9.56. The fraction of sp³-hybridized carbons (Fsp3) is 0.600. The molecule has 1 atom stereocenters. The van der Waals surface area contributed by atoms with Crippen molar-refractivity contribution in [1.29, 1.82) is 0 Å². The first-order valence-corrected chi connectivity index (χ1v) is 4.30. The second kappa shape index (κ2) is 4.16. The van der Waals surface area contributed by atoms with Crippen LogP contribution in [0.3, 0.4) is 0 Å². The van der Waals surface area contributed by atoms with Gasteiger partial charge in [0.25, 0.3) is 0 Å². The van der Waals surface area contributed by atoms with Crippen LogP contribution < -0.4 is 5.73 Å². The molecule has 0 saturated carbocycles. The van der Waals surface area contributed by atoms with Gasteiger partial charge in [0.15, 0.2) is 0 Å². The first-order valence-electron chi connectivity index (χ1n) is 4.30. The first kappa shape index (κ1) is 12.5. The molecule has 76 valence electrons. The molecular weight excluding hydrogens is 184 g/mol. The molecule has 0 fully saturated rings. The minimum absolute atomic E-state index is 0. The van der Waals surface area contributed by atoms with Crippen molar-refractivity contribution < 1.29 is 0 Å². The van der Waals surface area contributed by atoms with Gasteiger partial charge >= 0.3 is 0 Å². The molecule has 3 heteroatoms. The summed E-state index contributed by atoms with van der Waals surface area (Å²) in [5.41, 5.74) is 7.42. The lowest BCUT2D eigenvalue weighted by molar-refractivity contribution is 0.316. The maximum Gasteiger partial charge on any atom is 0.0498 e. The summed E-state index contributed by atoms with van der Waals surface area (Å²) in [5, 5.41) is 0. The van der Waals surface area contributed by atoms with Crippen LogP contribution in [-0.2, 0) is 7.05 Å². The average Bonchev–Trinajstić information content (AvgIpc) is 2.31. The number of nitrogens with zero attached hydrogens (tertiary/aromatic N) is 1. The molecule has 0 aliphatic rings. The Labute approximate surface area is 86.5 Å². The molecule has 0 aliphatic heterocycles. The Morgan fingerprint density at radius 2 is 1.92 bits per heavy atom. The van der Waals surface area contributed by atoms with E-state index in [1.807, 2.05) is 19.3 Å². The third-order valence-electron chi connectivity index (χ3n) is 2.24. The predicted molar refractivity (Wildman–Crippen MR) is 59.0 cm³/mol. The second-order valence-corrected chi connectivity index (χ2v) is 4.39. The Kier molecular flexibility index (Phi) is 4.01. The van der Waals surface area contributed by atoms with Gasteiger partial charge in [-0.05, 0) is 17.5 Å². The largest absolute Gasteiger partial charge is 0.353 e. The van der Waals surface area contributed by atoms with Gasteiger partial charge in [-0.15, -0.1) is 12.4 Å². The van der Waals surface area contributed by atoms with Crippen molar-refractivity contribution in [3.8, 4) is 0 Å². The molecule has 1 heterocycles. The lowest BCUT2D eigenvalue weighted by Gasteiger charge is -2.27. The SMILES string of the molecule is Cl.Cn1cccc1[C@@H](N)C(C)(C)C. The molecule has 2 N–H and O–H groups in total. The minimum atomic E-state index is 0. The van der Waals surface area contributed by atoms with E-state index in [1.165, 1.54) is 5.69 Å². The normalized spacial score (nSPS) is 13.6. The fourth-order valence-electron chi connectivity index (χ4n) is 1.24. The van der Waals surface area contributed by atoms with Crippen LogP contribution in [-0.4, -0.2) is 4.57 Å². The number of nitrogens with two attached hydrogens (primary N) is 1. The van der Waals surface area contributed by atoms with Crippen molar-refractivity contribution in [1.82, 2.24) is 4.57 Å². The van der Waals surface area contributed by atoms with Crippen molar-refractivity contribution in [3.63, 3.8) is 0 Å². The first-order chi connectivity index (χ1) is 5.43. The Bertz CT molecular complexity index is 260. The topological polar surface area (TPSA) is 30.9 Å². The van der Waals surface area contributed by atoms with Crippen molar-refractivity contribution in [3.05, 3.63) is 24.0 Å². The summed E-state index contributed by atoms with van der Waals surface area (Å²) >= 11 is 0. The summed E-state index contributed by atoms with van der Waals surface area (Å²) in [7, 11) is 2.03. The van der Waals surface area contributed by atoms with Crippen LogP contribution >= 0.6 is 12.4 Å². The van der Waals surface area contributed by atoms with Crippen molar-refractivity contribution in [2.45, 2.75) is 26.8 Å². The second-order valence-electron chi connectivity index (χ2n) is 4.39. The summed E-state index contributed by atoms with van der Waals surface area (Å²) in [5.74, 6) is 0. The molecule has 13 heavy (non-hydrogen) atoms. The molecule has 0 aromatic carbocycles. The van der Waals surface area contributed by atoms with E-state index in [0.29, 0.717) is 0 Å². The standard InChI is InChI=1S/C10H18N2.ClH/c1-10(2,3)9(11)8-6-5-7-12(8)4;/h5-7,9H,11H2,1-4H3;1H/t9-;/m1./s1. The highest BCUT2D eigenvalue weighted by Gasteiger charge is 2.23. The molecule has 1 rings (SSSR count). The predicted octanol–water partition coefficient (Wildman–Crippen LogP) is 2.49. The zero-order chi connectivity index (χ0) is 9.35. The van der Waals surface area contributed by atoms with E-state index in [1.54, 1.807) is 0 Å². The highest BCUT2D eigenvalue weighted by Crippen LogP contribution is 2.29. The van der Waals surface area contributed by atoms with Crippen molar-refractivity contribution in [2.75, 3.05) is 0 Å². The van der Waals surface area contributed by atoms with Gasteiger partial charge in [-0.25, -0.2) is 0 Å². The molecule has 1 aromatic heterocycles. The summed E-state index contributed by atoms with van der Waals surface area (Å²) in [6.45, 7) is 6.47. The fourth-order valence-corrected chi connectivity index (χ4v) is 1.24. The summed E-state index contributed by atoms with van der Waals surface area (Å²) in [6.07, 6.45) is 2.03. The van der Waals surface area contributed by atoms with Gasteiger partial charge in [0.2, 0.25) is 0 Å². The maximum atomic E-state index is 6.10. The van der Waals surface area contributed by atoms with Gasteiger partial charge in [-0.3, -0.25) is 0 Å². The van der Waals surface area contributed by atoms with Crippen LogP contribution in [0.1, 0.15) is 32.5 Å². The van der Waals surface area contributed by atoms with Gasteiger partial charge in [-0.2, -0.15) is 0 Å². The quantitative estimate of drug-likeness (QED) is 0.746. The third-order valence-corrected chi connectivity index (χ3v) is 2.24. The van der Waals surface area contributed by atoms with Gasteiger partial charge in [0.1, 0.15) is 0 Å². The monoisotopic (exact) mass is 202 g/mol. The molecule has 0 saturated heterocycles. The number of hydrogen-bond acceptors (Lipinski definition) is 1. The van der Waals surface area contributed by atoms with Gasteiger partial charge in [0.05, 0.1) is 0 Å². The van der Waals surface area contributed by atoms with Crippen LogP contribution in [0.25, 0.3) is 0 Å². The van der Waals surface area contributed by atoms with E-state index in [4.69, 9.17) is 5.73 Å². The summed E-state index contributed by atoms with van der Waals surface area (Å²) in [4.78, 5) is 0. The molecule has 0 aliphatic carbocycles. The van der Waals surface area contributed by atoms with Crippen LogP contribution in [0.15, 0.2) is 18.3 Å². The van der Waals surface area contributed by atoms with E-state index < -0.39 is 0 Å². The molecule has 1 aromatic rings. The molecule has 0 spiro atoms. The molecule has 0 amide bonds. The van der Waals surface area contributed by atoms with Gasteiger partial charge in [0, 0.05) is 25.0 Å². The smallest absolute Gasteiger partial charge is 0.0498 e. The van der Waals surface area contributed by atoms with E-state index in [-0.39, 0.29) is 23.9 Å². The summed E-state index contributed by atoms with van der Waals surface area (Å²) in [6, 6.07) is 4.22. The van der Waals surface area contributed by atoms with E-state index in [0.717, 1.165) is 0 Å². The Morgan fingerprint density at radius 1 is 1.38 bits per heavy atom. The molecule has 0 bridgehead atoms. The van der Waals surface area contributed by atoms with Gasteiger partial charge < -0.3 is 10.3 Å². The number of rotatable bonds is 1. The van der Waals surface area contributed by atoms with Crippen LogP contribution in [0, 0.1) is 5.41 Å². The van der Waals surface area contributed by atoms with Gasteiger partial charge in [-0.1, -0.05) is 20.8 Å². The molecule has 2 nitrogen and oxygen atoms in total. The maximum absolute atomic E-state index is 6.10. The lowest BCUT2D eigenvalue weighted by atomic mass is 9.85. The Balaban J connectivity index is 0.00000144. The average molecular weight is 203 g/mol. The summed E-state index contributed by atoms with van der Waals surface area (Å²) < 4.78 is 2.08. The molecular formula is C10H19ClN2. The molecule has 0 unspecified atom stereocenters. The third kappa shape index (κ3) is 2.75. The van der Waals surface area contributed by atoms with E-state index in [2.05, 4.69) is 31.4 Å². The zero-order valence-electron chi connectivity index (χ0n) is 8.74. The van der Waals surface area contributed by atoms with E-state index in [9.17, 15) is 0 Å². The lowest BCUT2D eigenvalue weighted by Crippen LogP contribution is -2.27. The highest BCUT2D eigenvalue weighted by atomic mass is 35.5. The Hall–Kier alpha value is -0.470. The highest BCUT2D eigenvalue weighted by molar-refractivity contribution is 5.85. The Morgan fingerprint density at radius 3 is 2.23 bits per heavy atom.